The quantitative estimate of drug-likeness (QED) is 0.807. The molecule has 3 nitrogen and oxygen atoms in total. The molecule has 1 aromatic carbocycles. The summed E-state index contributed by atoms with van der Waals surface area (Å²) < 4.78 is 42.0. The molecule has 5 rings (SSSR count). The van der Waals surface area contributed by atoms with Crippen LogP contribution in [0.3, 0.4) is 0 Å². The van der Waals surface area contributed by atoms with E-state index in [1.54, 1.807) is 0 Å². The highest BCUT2D eigenvalue weighted by atomic mass is 32.2. The monoisotopic (exact) mass is 365 g/mol. The molecule has 1 unspecified atom stereocenters. The van der Waals surface area contributed by atoms with Gasteiger partial charge >= 0.3 is 0 Å². The first-order chi connectivity index (χ1) is 11.9. The van der Waals surface area contributed by atoms with Gasteiger partial charge in [-0.05, 0) is 92.4 Å². The van der Waals surface area contributed by atoms with E-state index in [1.807, 2.05) is 0 Å². The predicted molar refractivity (Wildman–Crippen MR) is 96.0 cm³/mol. The average Bonchev–Trinajstić information content (AvgIpc) is 2.53. The van der Waals surface area contributed by atoms with Gasteiger partial charge in [0.2, 0.25) is 10.0 Å². The summed E-state index contributed by atoms with van der Waals surface area (Å²) in [6.07, 6.45) is 9.43. The Hall–Kier alpha value is -0.940. The van der Waals surface area contributed by atoms with Crippen molar-refractivity contribution in [3.8, 4) is 0 Å². The maximum Gasteiger partial charge on any atom is 0.240 e. The van der Waals surface area contributed by atoms with Gasteiger partial charge in [0, 0.05) is 6.04 Å². The Morgan fingerprint density at radius 1 is 1.08 bits per heavy atom. The highest BCUT2D eigenvalue weighted by molar-refractivity contribution is 7.89. The summed E-state index contributed by atoms with van der Waals surface area (Å²) >= 11 is 0. The number of hydrogen-bond acceptors (Lipinski definition) is 2. The van der Waals surface area contributed by atoms with Crippen molar-refractivity contribution >= 4 is 10.0 Å². The molecule has 0 saturated heterocycles. The van der Waals surface area contributed by atoms with Gasteiger partial charge in [-0.2, -0.15) is 0 Å². The number of halogens is 1. The molecule has 0 aliphatic heterocycles. The summed E-state index contributed by atoms with van der Waals surface area (Å²) in [7, 11) is -3.61. The lowest BCUT2D eigenvalue weighted by Gasteiger charge is -2.59. The maximum atomic E-state index is 13.1. The van der Waals surface area contributed by atoms with Crippen molar-refractivity contribution in [3.63, 3.8) is 0 Å². The molecular formula is C20H28FNO2S. The summed E-state index contributed by atoms with van der Waals surface area (Å²) in [5, 5.41) is 0. The minimum absolute atomic E-state index is 0.000882. The first kappa shape index (κ1) is 17.5. The van der Waals surface area contributed by atoms with Crippen LogP contribution in [0.25, 0.3) is 0 Å². The third-order valence-corrected chi connectivity index (χ3v) is 8.31. The molecule has 138 valence electrons. The fraction of sp³-hybridized carbons (Fsp3) is 0.700. The first-order valence-corrected chi connectivity index (χ1v) is 11.2. The maximum absolute atomic E-state index is 13.1. The Labute approximate surface area is 150 Å². The fourth-order valence-electron chi connectivity index (χ4n) is 6.25. The number of hydrogen-bond donors (Lipinski definition) is 1. The van der Waals surface area contributed by atoms with Crippen molar-refractivity contribution in [1.82, 2.24) is 4.72 Å². The van der Waals surface area contributed by atoms with Crippen molar-refractivity contribution in [3.05, 3.63) is 30.1 Å². The molecule has 0 heterocycles. The highest BCUT2D eigenvalue weighted by Gasteiger charge is 2.54. The molecule has 4 fully saturated rings. The standard InChI is InChI=1S/C20H28FNO2S/c1-2-3-19(22-25(23,24)18-6-4-17(21)5-7-18)20-11-14-8-15(12-20)10-16(9-14)13-20/h4-7,14-16,19,22H,2-3,8-13H2,1H3. The second-order valence-electron chi connectivity index (χ2n) is 8.70. The Morgan fingerprint density at radius 3 is 2.08 bits per heavy atom. The van der Waals surface area contributed by atoms with E-state index in [1.165, 1.54) is 62.8 Å². The van der Waals surface area contributed by atoms with Crippen LogP contribution in [0.15, 0.2) is 29.2 Å². The van der Waals surface area contributed by atoms with Crippen molar-refractivity contribution < 1.29 is 12.8 Å². The first-order valence-electron chi connectivity index (χ1n) is 9.68. The van der Waals surface area contributed by atoms with Gasteiger partial charge in [0.05, 0.1) is 4.90 Å². The Balaban J connectivity index is 1.60. The number of nitrogens with one attached hydrogen (secondary N) is 1. The molecule has 25 heavy (non-hydrogen) atoms. The molecule has 4 aliphatic rings. The summed E-state index contributed by atoms with van der Waals surface area (Å²) in [5.41, 5.74) is 0.137. The summed E-state index contributed by atoms with van der Waals surface area (Å²) in [6.45, 7) is 2.12. The topological polar surface area (TPSA) is 46.2 Å². The predicted octanol–water partition coefficient (Wildman–Crippen LogP) is 4.49. The molecule has 4 aliphatic carbocycles. The molecule has 0 radical (unpaired) electrons. The van der Waals surface area contributed by atoms with E-state index in [2.05, 4.69) is 11.6 Å². The van der Waals surface area contributed by atoms with Gasteiger partial charge in [0.1, 0.15) is 5.82 Å². The van der Waals surface area contributed by atoms with E-state index in [-0.39, 0.29) is 16.4 Å². The highest BCUT2D eigenvalue weighted by Crippen LogP contribution is 2.61. The zero-order chi connectivity index (χ0) is 17.7. The molecular weight excluding hydrogens is 337 g/mol. The average molecular weight is 366 g/mol. The second-order valence-corrected chi connectivity index (χ2v) is 10.4. The molecule has 4 bridgehead atoms. The lowest BCUT2D eigenvalue weighted by atomic mass is 9.47. The van der Waals surface area contributed by atoms with Crippen LogP contribution in [0.4, 0.5) is 4.39 Å². The van der Waals surface area contributed by atoms with Crippen LogP contribution in [0, 0.1) is 29.0 Å². The molecule has 0 aromatic heterocycles. The lowest BCUT2D eigenvalue weighted by molar-refractivity contribution is -0.0712. The van der Waals surface area contributed by atoms with Crippen LogP contribution in [0.5, 0.6) is 0 Å². The molecule has 1 atom stereocenters. The number of rotatable bonds is 6. The van der Waals surface area contributed by atoms with E-state index in [9.17, 15) is 12.8 Å². The van der Waals surface area contributed by atoms with E-state index in [0.29, 0.717) is 0 Å². The van der Waals surface area contributed by atoms with Crippen molar-refractivity contribution in [1.29, 1.82) is 0 Å². The van der Waals surface area contributed by atoms with Gasteiger partial charge in [-0.15, -0.1) is 0 Å². The Morgan fingerprint density at radius 2 is 1.60 bits per heavy atom. The molecule has 0 amide bonds. The lowest BCUT2D eigenvalue weighted by Crippen LogP contribution is -2.56. The van der Waals surface area contributed by atoms with Gasteiger partial charge in [-0.1, -0.05) is 13.3 Å². The van der Waals surface area contributed by atoms with E-state index < -0.39 is 15.8 Å². The summed E-state index contributed by atoms with van der Waals surface area (Å²) in [6, 6.07) is 5.16. The minimum Gasteiger partial charge on any atom is -0.208 e. The minimum atomic E-state index is -3.61. The van der Waals surface area contributed by atoms with Crippen molar-refractivity contribution in [2.75, 3.05) is 0 Å². The zero-order valence-corrected chi connectivity index (χ0v) is 15.7. The molecule has 1 N–H and O–H groups in total. The molecule has 4 saturated carbocycles. The van der Waals surface area contributed by atoms with Crippen LogP contribution in [0.1, 0.15) is 58.3 Å². The van der Waals surface area contributed by atoms with Crippen LogP contribution in [0.2, 0.25) is 0 Å². The normalized spacial score (nSPS) is 35.0. The van der Waals surface area contributed by atoms with Crippen molar-refractivity contribution in [2.45, 2.75) is 69.2 Å². The third kappa shape index (κ3) is 3.25. The fourth-order valence-corrected chi connectivity index (χ4v) is 7.63. The largest absolute Gasteiger partial charge is 0.240 e. The Kier molecular flexibility index (Phi) is 4.43. The zero-order valence-electron chi connectivity index (χ0n) is 14.9. The van der Waals surface area contributed by atoms with Crippen molar-refractivity contribution in [2.24, 2.45) is 23.2 Å². The van der Waals surface area contributed by atoms with Crippen LogP contribution < -0.4 is 4.72 Å². The van der Waals surface area contributed by atoms with Gasteiger partial charge in [0.15, 0.2) is 0 Å². The van der Waals surface area contributed by atoms with Gasteiger partial charge in [-0.3, -0.25) is 0 Å². The number of benzene rings is 1. The van der Waals surface area contributed by atoms with E-state index in [0.717, 1.165) is 30.6 Å². The van der Waals surface area contributed by atoms with E-state index in [4.69, 9.17) is 0 Å². The molecule has 0 spiro atoms. The molecule has 5 heteroatoms. The third-order valence-electron chi connectivity index (χ3n) is 6.82. The van der Waals surface area contributed by atoms with Crippen LogP contribution in [-0.2, 0) is 10.0 Å². The van der Waals surface area contributed by atoms with Crippen LogP contribution >= 0.6 is 0 Å². The second kappa shape index (κ2) is 6.34. The van der Waals surface area contributed by atoms with E-state index >= 15 is 0 Å². The number of sulfonamides is 1. The van der Waals surface area contributed by atoms with Gasteiger partial charge < -0.3 is 0 Å². The van der Waals surface area contributed by atoms with Crippen LogP contribution in [-0.4, -0.2) is 14.5 Å². The summed E-state index contributed by atoms with van der Waals surface area (Å²) in [4.78, 5) is 0.166. The smallest absolute Gasteiger partial charge is 0.208 e. The molecule has 1 aromatic rings. The van der Waals surface area contributed by atoms with Gasteiger partial charge in [0.25, 0.3) is 0 Å². The SMILES string of the molecule is CCCC(NS(=O)(=O)c1ccc(F)cc1)C12CC3CC(CC(C3)C1)C2. The summed E-state index contributed by atoms with van der Waals surface area (Å²) in [5.74, 6) is 1.97. The Bertz CT molecular complexity index is 693. The van der Waals surface area contributed by atoms with Gasteiger partial charge in [-0.25, -0.2) is 17.5 Å².